The van der Waals surface area contributed by atoms with Gasteiger partial charge in [0.15, 0.2) is 0 Å². The maximum Gasteiger partial charge on any atom is 0.107 e. The van der Waals surface area contributed by atoms with Crippen LogP contribution in [0.2, 0.25) is 0 Å². The van der Waals surface area contributed by atoms with E-state index >= 15 is 0 Å². The van der Waals surface area contributed by atoms with E-state index < -0.39 is 0 Å². The summed E-state index contributed by atoms with van der Waals surface area (Å²) in [5.41, 5.74) is 15.8. The molecule has 1 N–H and O–H groups in total. The third kappa shape index (κ3) is 5.40. The zero-order chi connectivity index (χ0) is 37.2. The number of allylic oxidation sites excluding steroid dienone is 17. The normalized spacial score (nSPS) is 29.1. The fraction of sp³-hybridized carbons (Fsp3) is 0.259. The number of anilines is 1. The first-order valence-electron chi connectivity index (χ1n) is 21.1. The van der Waals surface area contributed by atoms with Crippen molar-refractivity contribution in [3.63, 3.8) is 0 Å². The molecule has 1 saturated heterocycles. The van der Waals surface area contributed by atoms with Crippen LogP contribution in [0.5, 0.6) is 0 Å². The number of para-hydroxylation sites is 1. The molecule has 6 aliphatic carbocycles. The number of hydrogen-bond acceptors (Lipinski definition) is 2. The van der Waals surface area contributed by atoms with Gasteiger partial charge in [0.05, 0.1) is 6.04 Å². The van der Waals surface area contributed by atoms with Crippen LogP contribution in [-0.4, -0.2) is 12.1 Å². The molecule has 0 radical (unpaired) electrons. The second-order valence-corrected chi connectivity index (χ2v) is 17.1. The monoisotopic (exact) mass is 726 g/mol. The predicted octanol–water partition coefficient (Wildman–Crippen LogP) is 13.0. The van der Waals surface area contributed by atoms with E-state index in [2.05, 4.69) is 181 Å². The highest BCUT2D eigenvalue weighted by molar-refractivity contribution is 5.88. The van der Waals surface area contributed by atoms with E-state index in [4.69, 9.17) is 0 Å². The molecule has 7 aliphatic rings. The molecular weight excluding hydrogens is 677 g/mol. The van der Waals surface area contributed by atoms with E-state index in [9.17, 15) is 0 Å². The molecule has 0 aromatic heterocycles. The van der Waals surface area contributed by atoms with Gasteiger partial charge in [0, 0.05) is 29.0 Å². The molecule has 0 amide bonds. The third-order valence-corrected chi connectivity index (χ3v) is 14.0. The van der Waals surface area contributed by atoms with E-state index in [1.165, 1.54) is 81.1 Å². The Labute approximate surface area is 332 Å². The summed E-state index contributed by atoms with van der Waals surface area (Å²) in [4.78, 5) is 2.59. The van der Waals surface area contributed by atoms with Crippen LogP contribution >= 0.6 is 0 Å². The molecule has 0 saturated carbocycles. The minimum atomic E-state index is -0.0998. The first-order valence-corrected chi connectivity index (χ1v) is 21.1. The Kier molecular flexibility index (Phi) is 8.25. The number of nitrogens with one attached hydrogen (secondary N) is 1. The van der Waals surface area contributed by atoms with Crippen LogP contribution in [0.1, 0.15) is 80.6 Å². The van der Waals surface area contributed by atoms with Crippen molar-refractivity contribution >= 4 is 22.0 Å². The number of benzene rings is 4. The van der Waals surface area contributed by atoms with Crippen molar-refractivity contribution in [3.8, 4) is 0 Å². The summed E-state index contributed by atoms with van der Waals surface area (Å²) in [5.74, 6) is 0.438. The number of fused-ring (bicyclic) bond motifs is 4. The van der Waals surface area contributed by atoms with Gasteiger partial charge in [-0.15, -0.1) is 0 Å². The summed E-state index contributed by atoms with van der Waals surface area (Å²) in [6.45, 7) is 2.55. The molecule has 0 bridgehead atoms. The van der Waals surface area contributed by atoms with Crippen molar-refractivity contribution in [2.75, 3.05) is 4.90 Å². The van der Waals surface area contributed by atoms with Gasteiger partial charge in [0.25, 0.3) is 0 Å². The van der Waals surface area contributed by atoms with Crippen molar-refractivity contribution < 1.29 is 0 Å². The van der Waals surface area contributed by atoms with Crippen LogP contribution < -0.4 is 10.2 Å². The standard InChI is InChI=1S/C54H50N2/c1-54-34-12-11-25-48(54)51(44-23-13-17-37-15-5-7-21-42(37)44)47-35-40(32-33-46(47)52(54)45-24-14-18-38-16-6-8-22-43(38)45)36-28-30-39(31-29-36)53-55-49-26-9-10-27-50(49)56(53)41-19-3-2-4-20-41/h2-5,7-8,10-13,15,17,19-25,27-33,35,47,49-51,53,55H,6,9,14,16,18,26,34H2,1H3. The van der Waals surface area contributed by atoms with Gasteiger partial charge in [-0.1, -0.05) is 170 Å². The lowest BCUT2D eigenvalue weighted by Crippen LogP contribution is -2.38. The number of nitrogens with zero attached hydrogens (tertiary/aromatic N) is 1. The van der Waals surface area contributed by atoms with Gasteiger partial charge in [-0.25, -0.2) is 0 Å². The van der Waals surface area contributed by atoms with Crippen LogP contribution in [0.4, 0.5) is 5.69 Å². The highest BCUT2D eigenvalue weighted by Crippen LogP contribution is 2.62. The van der Waals surface area contributed by atoms with Gasteiger partial charge in [0.1, 0.15) is 6.17 Å². The van der Waals surface area contributed by atoms with Crippen molar-refractivity contribution in [1.82, 2.24) is 5.32 Å². The lowest BCUT2D eigenvalue weighted by atomic mass is 9.53. The fourth-order valence-corrected chi connectivity index (χ4v) is 11.4. The fourth-order valence-electron chi connectivity index (χ4n) is 11.4. The second kappa shape index (κ2) is 13.6. The topological polar surface area (TPSA) is 15.3 Å². The van der Waals surface area contributed by atoms with Gasteiger partial charge in [0.2, 0.25) is 0 Å². The summed E-state index contributed by atoms with van der Waals surface area (Å²) in [7, 11) is 0. The lowest BCUT2D eigenvalue weighted by Gasteiger charge is -2.50. The zero-order valence-corrected chi connectivity index (χ0v) is 32.4. The van der Waals surface area contributed by atoms with Gasteiger partial charge in [-0.2, -0.15) is 0 Å². The van der Waals surface area contributed by atoms with E-state index in [0.29, 0.717) is 12.1 Å². The predicted molar refractivity (Wildman–Crippen MR) is 234 cm³/mol. The van der Waals surface area contributed by atoms with E-state index in [1.807, 2.05) is 0 Å². The van der Waals surface area contributed by atoms with Crippen LogP contribution in [0.3, 0.4) is 0 Å². The first kappa shape index (κ1) is 33.9. The van der Waals surface area contributed by atoms with Crippen LogP contribution in [0, 0.1) is 11.3 Å². The molecule has 56 heavy (non-hydrogen) atoms. The average Bonchev–Trinajstić information content (AvgIpc) is 3.65. The lowest BCUT2D eigenvalue weighted by molar-refractivity contribution is 0.396. The molecule has 11 rings (SSSR count). The molecule has 1 heterocycles. The molecule has 1 aliphatic heterocycles. The SMILES string of the molecule is CC12CC=CC=C1C(c1cccc3ccccc13)C1C=C(c3ccc(C4NC5CCC=CC5N4c4ccccc4)cc3)C=CC1=C2C1=CCCC2=C1C=CCC2. The van der Waals surface area contributed by atoms with Crippen LogP contribution in [-0.2, 0) is 0 Å². The largest absolute Gasteiger partial charge is 0.344 e. The van der Waals surface area contributed by atoms with Crippen molar-refractivity contribution in [1.29, 1.82) is 0 Å². The Morgan fingerprint density at radius 1 is 0.768 bits per heavy atom. The van der Waals surface area contributed by atoms with E-state index in [1.54, 1.807) is 16.7 Å². The molecule has 0 spiro atoms. The number of rotatable bonds is 5. The molecular formula is C54H50N2. The summed E-state index contributed by atoms with van der Waals surface area (Å²) >= 11 is 0. The Morgan fingerprint density at radius 3 is 2.52 bits per heavy atom. The maximum atomic E-state index is 4.03. The Morgan fingerprint density at radius 2 is 1.61 bits per heavy atom. The van der Waals surface area contributed by atoms with Crippen molar-refractivity contribution in [2.45, 2.75) is 76.0 Å². The Hall–Kier alpha value is -5.44. The van der Waals surface area contributed by atoms with Gasteiger partial charge in [-0.05, 0) is 112 Å². The van der Waals surface area contributed by atoms with E-state index in [0.717, 1.165) is 19.3 Å². The molecule has 4 aromatic rings. The molecule has 1 fully saturated rings. The highest BCUT2D eigenvalue weighted by Gasteiger charge is 2.49. The molecule has 4 aromatic carbocycles. The second-order valence-electron chi connectivity index (χ2n) is 17.1. The van der Waals surface area contributed by atoms with Crippen LogP contribution in [0.25, 0.3) is 16.3 Å². The summed E-state index contributed by atoms with van der Waals surface area (Å²) in [5, 5.41) is 6.72. The van der Waals surface area contributed by atoms with Crippen molar-refractivity contribution in [3.05, 3.63) is 214 Å². The van der Waals surface area contributed by atoms with Gasteiger partial charge >= 0.3 is 0 Å². The molecule has 6 unspecified atom stereocenters. The average molecular weight is 727 g/mol. The summed E-state index contributed by atoms with van der Waals surface area (Å²) in [6.07, 6.45) is 35.2. The summed E-state index contributed by atoms with van der Waals surface area (Å²) in [6, 6.07) is 37.3. The molecule has 276 valence electrons. The minimum Gasteiger partial charge on any atom is -0.344 e. The first-order chi connectivity index (χ1) is 27.7. The molecule has 2 nitrogen and oxygen atoms in total. The third-order valence-electron chi connectivity index (χ3n) is 14.0. The van der Waals surface area contributed by atoms with E-state index in [-0.39, 0.29) is 23.4 Å². The zero-order valence-electron chi connectivity index (χ0n) is 32.4. The molecule has 6 atom stereocenters. The minimum absolute atomic E-state index is 0.0998. The highest BCUT2D eigenvalue weighted by atomic mass is 15.4. The Bertz CT molecular complexity index is 2500. The number of hydrogen-bond donors (Lipinski definition) is 1. The van der Waals surface area contributed by atoms with Crippen LogP contribution in [0.15, 0.2) is 197 Å². The Balaban J connectivity index is 1.04. The smallest absolute Gasteiger partial charge is 0.107 e. The van der Waals surface area contributed by atoms with Gasteiger partial charge < -0.3 is 4.90 Å². The quantitative estimate of drug-likeness (QED) is 0.206. The maximum absolute atomic E-state index is 4.03. The molecule has 2 heteroatoms. The van der Waals surface area contributed by atoms with Crippen molar-refractivity contribution in [2.24, 2.45) is 11.3 Å². The van der Waals surface area contributed by atoms with Gasteiger partial charge in [-0.3, -0.25) is 5.32 Å². The summed E-state index contributed by atoms with van der Waals surface area (Å²) < 4.78 is 0.